The average molecular weight is 495 g/mol. The van der Waals surface area contributed by atoms with Crippen molar-refractivity contribution in [1.82, 2.24) is 30.3 Å². The van der Waals surface area contributed by atoms with E-state index in [1.54, 1.807) is 0 Å². The average Bonchev–Trinajstić information content (AvgIpc) is 3.39. The maximum atomic E-state index is 14.6. The summed E-state index contributed by atoms with van der Waals surface area (Å²) in [4.78, 5) is 38.0. The lowest BCUT2D eigenvalue weighted by atomic mass is 10.1. The topological polar surface area (TPSA) is 103 Å². The van der Waals surface area contributed by atoms with Crippen molar-refractivity contribution in [2.24, 2.45) is 0 Å². The van der Waals surface area contributed by atoms with E-state index in [1.165, 1.54) is 12.1 Å². The number of aromatic nitrogens is 3. The predicted octanol–water partition coefficient (Wildman–Crippen LogP) is 2.80. The van der Waals surface area contributed by atoms with Crippen molar-refractivity contribution >= 4 is 16.9 Å². The molecule has 2 saturated heterocycles. The molecule has 0 saturated carbocycles. The molecule has 2 aliphatic rings. The van der Waals surface area contributed by atoms with E-state index in [0.29, 0.717) is 13.0 Å². The summed E-state index contributed by atoms with van der Waals surface area (Å²) < 4.78 is 20.5. The molecule has 3 aromatic heterocycles. The van der Waals surface area contributed by atoms with Gasteiger partial charge in [-0.05, 0) is 61.9 Å². The van der Waals surface area contributed by atoms with Gasteiger partial charge in [0.25, 0.3) is 17.4 Å². The molecule has 5 rings (SSSR count). The van der Waals surface area contributed by atoms with Gasteiger partial charge in [-0.25, -0.2) is 9.99 Å². The molecule has 5 heterocycles. The van der Waals surface area contributed by atoms with Crippen LogP contribution in [-0.2, 0) is 13.0 Å². The Bertz CT molecular complexity index is 1300. The maximum Gasteiger partial charge on any atom is 0.284 e. The fourth-order valence-electron chi connectivity index (χ4n) is 4.80. The number of H-pyrrole nitrogens is 1. The smallest absolute Gasteiger partial charge is 0.284 e. The third kappa shape index (κ3) is 5.55. The Labute approximate surface area is 208 Å². The van der Waals surface area contributed by atoms with Crippen LogP contribution in [0.15, 0.2) is 35.3 Å². The number of aromatic amines is 1. The molecule has 36 heavy (non-hydrogen) atoms. The summed E-state index contributed by atoms with van der Waals surface area (Å²) in [6.45, 7) is 5.84. The van der Waals surface area contributed by atoms with Crippen LogP contribution in [0.1, 0.15) is 54.2 Å². The van der Waals surface area contributed by atoms with E-state index in [4.69, 9.17) is 4.74 Å². The maximum absolute atomic E-state index is 14.6. The third-order valence-electron chi connectivity index (χ3n) is 6.85. The number of carbonyl (C=O) groups excluding carboxylic acids is 1. The number of nitrogens with zero attached hydrogens (tertiary/aromatic N) is 4. The van der Waals surface area contributed by atoms with E-state index >= 15 is 0 Å². The Kier molecular flexibility index (Phi) is 7.24. The van der Waals surface area contributed by atoms with Crippen LogP contribution in [0.2, 0.25) is 0 Å². The van der Waals surface area contributed by atoms with Gasteiger partial charge in [0.1, 0.15) is 11.8 Å². The van der Waals surface area contributed by atoms with Gasteiger partial charge in [0.2, 0.25) is 0 Å². The molecular weight excluding hydrogens is 463 g/mol. The number of rotatable bonds is 7. The number of nitrogens with one attached hydrogen (secondary N) is 2. The minimum absolute atomic E-state index is 0.0397. The first kappa shape index (κ1) is 24.3. The van der Waals surface area contributed by atoms with Gasteiger partial charge in [-0.1, -0.05) is 6.92 Å². The Balaban J connectivity index is 1.14. The van der Waals surface area contributed by atoms with Gasteiger partial charge < -0.3 is 9.72 Å². The van der Waals surface area contributed by atoms with Crippen LogP contribution < -0.4 is 15.7 Å². The molecule has 190 valence electrons. The van der Waals surface area contributed by atoms with Crippen molar-refractivity contribution in [1.29, 1.82) is 0 Å². The van der Waals surface area contributed by atoms with E-state index in [9.17, 15) is 14.0 Å². The summed E-state index contributed by atoms with van der Waals surface area (Å²) in [6, 6.07) is 6.81. The highest BCUT2D eigenvalue weighted by molar-refractivity contribution is 5.91. The van der Waals surface area contributed by atoms with Crippen molar-refractivity contribution in [2.75, 3.05) is 26.2 Å². The molecule has 0 bridgehead atoms. The van der Waals surface area contributed by atoms with Gasteiger partial charge in [-0.3, -0.25) is 24.9 Å². The number of fused-ring (bicyclic) bond motifs is 1. The quantitative estimate of drug-likeness (QED) is 0.487. The first-order valence-electron chi connectivity index (χ1n) is 12.6. The van der Waals surface area contributed by atoms with E-state index in [1.807, 2.05) is 30.3 Å². The number of likely N-dealkylation sites (tertiary alicyclic amines) is 1. The van der Waals surface area contributed by atoms with Crippen LogP contribution >= 0.6 is 0 Å². The zero-order valence-corrected chi connectivity index (χ0v) is 20.4. The SMILES string of the molecule is CCc1cc2ncc(CN3CCC(Oc4ccc(C(=O)NN5CCCC5)nc4F)CC3)cc2[nH]c1=O. The van der Waals surface area contributed by atoms with Crippen molar-refractivity contribution in [2.45, 2.75) is 51.7 Å². The number of piperidine rings is 1. The fourth-order valence-corrected chi connectivity index (χ4v) is 4.80. The molecular formula is C26H31FN6O3. The van der Waals surface area contributed by atoms with Gasteiger partial charge in [0, 0.05) is 44.5 Å². The predicted molar refractivity (Wildman–Crippen MR) is 133 cm³/mol. The van der Waals surface area contributed by atoms with Crippen LogP contribution in [0.25, 0.3) is 11.0 Å². The molecule has 0 radical (unpaired) electrons. The minimum atomic E-state index is -0.769. The number of halogens is 1. The van der Waals surface area contributed by atoms with Crippen molar-refractivity contribution < 1.29 is 13.9 Å². The van der Waals surface area contributed by atoms with E-state index in [0.717, 1.165) is 74.0 Å². The number of hydrogen-bond donors (Lipinski definition) is 2. The molecule has 2 fully saturated rings. The second-order valence-electron chi connectivity index (χ2n) is 9.47. The zero-order valence-electron chi connectivity index (χ0n) is 20.4. The number of aryl methyl sites for hydroxylation is 1. The van der Waals surface area contributed by atoms with Crippen molar-refractivity contribution in [3.63, 3.8) is 0 Å². The lowest BCUT2D eigenvalue weighted by Crippen LogP contribution is -2.40. The molecule has 0 aromatic carbocycles. The van der Waals surface area contributed by atoms with Crippen molar-refractivity contribution in [3.8, 4) is 5.75 Å². The Hall–Kier alpha value is -3.37. The molecule has 9 nitrogen and oxygen atoms in total. The number of ether oxygens (including phenoxy) is 1. The van der Waals surface area contributed by atoms with E-state index < -0.39 is 11.9 Å². The largest absolute Gasteiger partial charge is 0.486 e. The fraction of sp³-hybridized carbons (Fsp3) is 0.462. The normalized spacial score (nSPS) is 17.5. The molecule has 0 spiro atoms. The van der Waals surface area contributed by atoms with E-state index in [2.05, 4.69) is 25.3 Å². The number of hydrogen-bond acceptors (Lipinski definition) is 7. The molecule has 0 unspecified atom stereocenters. The molecule has 0 atom stereocenters. The summed E-state index contributed by atoms with van der Waals surface area (Å²) in [7, 11) is 0. The molecule has 10 heteroatoms. The number of pyridine rings is 3. The summed E-state index contributed by atoms with van der Waals surface area (Å²) in [5, 5.41) is 1.83. The Morgan fingerprint density at radius 3 is 2.69 bits per heavy atom. The summed E-state index contributed by atoms with van der Waals surface area (Å²) in [5.74, 6) is -1.11. The Morgan fingerprint density at radius 2 is 1.97 bits per heavy atom. The van der Waals surface area contributed by atoms with Gasteiger partial charge in [0.05, 0.1) is 11.0 Å². The van der Waals surface area contributed by atoms with Crippen molar-refractivity contribution in [3.05, 3.63) is 63.6 Å². The lowest BCUT2D eigenvalue weighted by Gasteiger charge is -2.32. The summed E-state index contributed by atoms with van der Waals surface area (Å²) in [5.41, 5.74) is 6.03. The van der Waals surface area contributed by atoms with Crippen LogP contribution in [0, 0.1) is 5.95 Å². The lowest BCUT2D eigenvalue weighted by molar-refractivity contribution is 0.0816. The first-order valence-corrected chi connectivity index (χ1v) is 12.6. The number of amides is 1. The Morgan fingerprint density at radius 1 is 1.19 bits per heavy atom. The first-order chi connectivity index (χ1) is 17.5. The summed E-state index contributed by atoms with van der Waals surface area (Å²) in [6.07, 6.45) is 5.96. The highest BCUT2D eigenvalue weighted by Gasteiger charge is 2.23. The second-order valence-corrected chi connectivity index (χ2v) is 9.47. The monoisotopic (exact) mass is 494 g/mol. The summed E-state index contributed by atoms with van der Waals surface area (Å²) >= 11 is 0. The van der Waals surface area contributed by atoms with Gasteiger partial charge in [-0.15, -0.1) is 0 Å². The van der Waals surface area contributed by atoms with Crippen LogP contribution in [0.3, 0.4) is 0 Å². The van der Waals surface area contributed by atoms with Crippen LogP contribution in [0.4, 0.5) is 4.39 Å². The molecule has 1 amide bonds. The zero-order chi connectivity index (χ0) is 25.1. The number of hydrazine groups is 1. The molecule has 2 N–H and O–H groups in total. The highest BCUT2D eigenvalue weighted by atomic mass is 19.1. The van der Waals surface area contributed by atoms with Gasteiger partial charge in [0.15, 0.2) is 5.75 Å². The molecule has 0 aliphatic carbocycles. The number of carbonyl (C=O) groups is 1. The molecule has 3 aromatic rings. The van der Waals surface area contributed by atoms with Gasteiger partial charge in [-0.2, -0.15) is 4.39 Å². The van der Waals surface area contributed by atoms with E-state index in [-0.39, 0.29) is 23.1 Å². The van der Waals surface area contributed by atoms with Crippen LogP contribution in [0.5, 0.6) is 5.75 Å². The standard InChI is InChI=1S/C26H31FN6O3/c1-2-18-14-21-22(30-25(18)34)13-17(15-28-21)16-32-11-7-19(8-12-32)36-23-6-5-20(29-24(23)27)26(35)31-33-9-3-4-10-33/h5-6,13-15,19H,2-4,7-12,16H2,1H3,(H,30,34)(H,31,35). The third-order valence-corrected chi connectivity index (χ3v) is 6.85. The highest BCUT2D eigenvalue weighted by Crippen LogP contribution is 2.23. The van der Waals surface area contributed by atoms with Crippen LogP contribution in [-0.4, -0.2) is 63.1 Å². The minimum Gasteiger partial charge on any atom is -0.486 e. The molecule has 2 aliphatic heterocycles. The second kappa shape index (κ2) is 10.7. The van der Waals surface area contributed by atoms with Gasteiger partial charge >= 0.3 is 0 Å².